The number of carbonyl (C=O) groups excluding carboxylic acids is 2. The second kappa shape index (κ2) is 6.11. The first-order valence-electron chi connectivity index (χ1n) is 7.30. The number of nitrogens with one attached hydrogen (secondary N) is 1. The van der Waals surface area contributed by atoms with Crippen LogP contribution in [0.3, 0.4) is 0 Å². The second-order valence-corrected chi connectivity index (χ2v) is 5.57. The summed E-state index contributed by atoms with van der Waals surface area (Å²) in [6, 6.07) is 2.93. The quantitative estimate of drug-likeness (QED) is 0.873. The SMILES string of the molecule is CCC1C(=O)NCCN1C(=O)c1cc(N)nc(C(C)C)c1. The van der Waals surface area contributed by atoms with Crippen molar-refractivity contribution in [2.24, 2.45) is 0 Å². The van der Waals surface area contributed by atoms with Gasteiger partial charge in [0.2, 0.25) is 5.91 Å². The van der Waals surface area contributed by atoms with E-state index in [2.05, 4.69) is 10.3 Å². The van der Waals surface area contributed by atoms with Crippen molar-refractivity contribution in [3.05, 3.63) is 23.4 Å². The van der Waals surface area contributed by atoms with Gasteiger partial charge in [-0.05, 0) is 24.5 Å². The second-order valence-electron chi connectivity index (χ2n) is 5.57. The summed E-state index contributed by atoms with van der Waals surface area (Å²) in [7, 11) is 0. The van der Waals surface area contributed by atoms with Crippen LogP contribution in [0.25, 0.3) is 0 Å². The van der Waals surface area contributed by atoms with E-state index in [1.165, 1.54) is 0 Å². The summed E-state index contributed by atoms with van der Waals surface area (Å²) < 4.78 is 0. The highest BCUT2D eigenvalue weighted by atomic mass is 16.2. The van der Waals surface area contributed by atoms with E-state index in [9.17, 15) is 9.59 Å². The number of amides is 2. The molecule has 1 aliphatic rings. The van der Waals surface area contributed by atoms with Crippen molar-refractivity contribution in [2.75, 3.05) is 18.8 Å². The summed E-state index contributed by atoms with van der Waals surface area (Å²) in [6.45, 7) is 6.90. The Kier molecular flexibility index (Phi) is 4.45. The molecule has 0 radical (unpaired) electrons. The molecule has 2 amide bonds. The molecule has 0 aromatic carbocycles. The van der Waals surface area contributed by atoms with Crippen LogP contribution in [0.5, 0.6) is 0 Å². The number of nitrogen functional groups attached to an aromatic ring is 1. The fourth-order valence-electron chi connectivity index (χ4n) is 2.52. The van der Waals surface area contributed by atoms with Crippen molar-refractivity contribution >= 4 is 17.6 Å². The molecular formula is C15H22N4O2. The van der Waals surface area contributed by atoms with E-state index in [0.29, 0.717) is 30.9 Å². The third-order valence-corrected chi connectivity index (χ3v) is 3.68. The van der Waals surface area contributed by atoms with E-state index in [0.717, 1.165) is 5.69 Å². The van der Waals surface area contributed by atoms with Gasteiger partial charge in [-0.3, -0.25) is 9.59 Å². The highest BCUT2D eigenvalue weighted by molar-refractivity contribution is 5.98. The Morgan fingerprint density at radius 3 is 2.86 bits per heavy atom. The smallest absolute Gasteiger partial charge is 0.254 e. The topological polar surface area (TPSA) is 88.3 Å². The molecule has 1 aliphatic heterocycles. The number of anilines is 1. The summed E-state index contributed by atoms with van der Waals surface area (Å²) in [6.07, 6.45) is 0.592. The van der Waals surface area contributed by atoms with Crippen molar-refractivity contribution in [1.29, 1.82) is 0 Å². The highest BCUT2D eigenvalue weighted by Gasteiger charge is 2.32. The van der Waals surface area contributed by atoms with Crippen LogP contribution in [0.2, 0.25) is 0 Å². The van der Waals surface area contributed by atoms with Crippen molar-refractivity contribution < 1.29 is 9.59 Å². The predicted molar refractivity (Wildman–Crippen MR) is 80.9 cm³/mol. The Bertz CT molecular complexity index is 557. The molecule has 3 N–H and O–H groups in total. The minimum atomic E-state index is -0.414. The number of rotatable bonds is 3. The van der Waals surface area contributed by atoms with Gasteiger partial charge in [0.05, 0.1) is 0 Å². The first-order chi connectivity index (χ1) is 9.93. The maximum Gasteiger partial charge on any atom is 0.254 e. The van der Waals surface area contributed by atoms with E-state index >= 15 is 0 Å². The van der Waals surface area contributed by atoms with Crippen LogP contribution in [-0.4, -0.2) is 40.8 Å². The van der Waals surface area contributed by atoms with Gasteiger partial charge >= 0.3 is 0 Å². The van der Waals surface area contributed by atoms with Crippen molar-refractivity contribution in [3.63, 3.8) is 0 Å². The molecule has 1 unspecified atom stereocenters. The van der Waals surface area contributed by atoms with Crippen molar-refractivity contribution in [3.8, 4) is 0 Å². The van der Waals surface area contributed by atoms with Crippen LogP contribution in [0.1, 0.15) is 49.2 Å². The number of aromatic nitrogens is 1. The zero-order chi connectivity index (χ0) is 15.6. The number of piperazine rings is 1. The minimum absolute atomic E-state index is 0.0942. The summed E-state index contributed by atoms with van der Waals surface area (Å²) in [5.41, 5.74) is 7.08. The molecule has 0 spiro atoms. The van der Waals surface area contributed by atoms with Gasteiger partial charge in [0.15, 0.2) is 0 Å². The van der Waals surface area contributed by atoms with E-state index in [1.807, 2.05) is 20.8 Å². The van der Waals surface area contributed by atoms with Crippen LogP contribution >= 0.6 is 0 Å². The average Bonchev–Trinajstić information content (AvgIpc) is 2.45. The lowest BCUT2D eigenvalue weighted by atomic mass is 10.0. The average molecular weight is 290 g/mol. The van der Waals surface area contributed by atoms with E-state index < -0.39 is 6.04 Å². The van der Waals surface area contributed by atoms with E-state index in [1.54, 1.807) is 17.0 Å². The van der Waals surface area contributed by atoms with Crippen LogP contribution in [-0.2, 0) is 4.79 Å². The first kappa shape index (κ1) is 15.3. The Labute approximate surface area is 124 Å². The van der Waals surface area contributed by atoms with E-state index in [-0.39, 0.29) is 17.7 Å². The van der Waals surface area contributed by atoms with Gasteiger partial charge in [0.1, 0.15) is 11.9 Å². The lowest BCUT2D eigenvalue weighted by Crippen LogP contribution is -2.56. The fourth-order valence-corrected chi connectivity index (χ4v) is 2.52. The lowest BCUT2D eigenvalue weighted by Gasteiger charge is -2.34. The number of hydrogen-bond donors (Lipinski definition) is 2. The largest absolute Gasteiger partial charge is 0.384 e. The normalized spacial score (nSPS) is 18.8. The van der Waals surface area contributed by atoms with Crippen LogP contribution in [0, 0.1) is 0 Å². The van der Waals surface area contributed by atoms with Gasteiger partial charge in [-0.1, -0.05) is 20.8 Å². The molecule has 2 rings (SSSR count). The van der Waals surface area contributed by atoms with Gasteiger partial charge < -0.3 is 16.0 Å². The van der Waals surface area contributed by atoms with Crippen molar-refractivity contribution in [2.45, 2.75) is 39.2 Å². The maximum absolute atomic E-state index is 12.7. The zero-order valence-corrected chi connectivity index (χ0v) is 12.7. The van der Waals surface area contributed by atoms with Crippen LogP contribution in [0.15, 0.2) is 12.1 Å². The first-order valence-corrected chi connectivity index (χ1v) is 7.30. The number of nitrogens with two attached hydrogens (primary N) is 1. The van der Waals surface area contributed by atoms with Gasteiger partial charge in [-0.25, -0.2) is 4.98 Å². The number of nitrogens with zero attached hydrogens (tertiary/aromatic N) is 2. The summed E-state index contributed by atoms with van der Waals surface area (Å²) in [5, 5.41) is 2.79. The molecule has 1 atom stereocenters. The lowest BCUT2D eigenvalue weighted by molar-refractivity contribution is -0.127. The number of hydrogen-bond acceptors (Lipinski definition) is 4. The van der Waals surface area contributed by atoms with Crippen LogP contribution in [0.4, 0.5) is 5.82 Å². The minimum Gasteiger partial charge on any atom is -0.384 e. The van der Waals surface area contributed by atoms with Gasteiger partial charge in [0.25, 0.3) is 5.91 Å². The Hall–Kier alpha value is -2.11. The maximum atomic E-state index is 12.7. The Morgan fingerprint density at radius 2 is 2.24 bits per heavy atom. The predicted octanol–water partition coefficient (Wildman–Crippen LogP) is 1.14. The third-order valence-electron chi connectivity index (χ3n) is 3.68. The van der Waals surface area contributed by atoms with Gasteiger partial charge in [-0.2, -0.15) is 0 Å². The molecule has 1 aromatic rings. The standard InChI is InChI=1S/C15H22N4O2/c1-4-12-14(20)17-5-6-19(12)15(21)10-7-11(9(2)3)18-13(16)8-10/h7-9,12H,4-6H2,1-3H3,(H2,16,18)(H,17,20). The van der Waals surface area contributed by atoms with E-state index in [4.69, 9.17) is 5.73 Å². The molecule has 6 heteroatoms. The molecule has 2 heterocycles. The highest BCUT2D eigenvalue weighted by Crippen LogP contribution is 2.19. The molecule has 21 heavy (non-hydrogen) atoms. The summed E-state index contributed by atoms with van der Waals surface area (Å²) in [4.78, 5) is 30.4. The van der Waals surface area contributed by atoms with Gasteiger partial charge in [0, 0.05) is 24.3 Å². The third kappa shape index (κ3) is 3.15. The molecule has 1 saturated heterocycles. The fraction of sp³-hybridized carbons (Fsp3) is 0.533. The molecular weight excluding hydrogens is 268 g/mol. The summed E-state index contributed by atoms with van der Waals surface area (Å²) in [5.74, 6) is 0.265. The Balaban J connectivity index is 2.32. The monoisotopic (exact) mass is 290 g/mol. The molecule has 114 valence electrons. The van der Waals surface area contributed by atoms with Gasteiger partial charge in [-0.15, -0.1) is 0 Å². The molecule has 0 bridgehead atoms. The molecule has 6 nitrogen and oxygen atoms in total. The molecule has 0 saturated carbocycles. The van der Waals surface area contributed by atoms with Crippen LogP contribution < -0.4 is 11.1 Å². The molecule has 1 fully saturated rings. The number of carbonyl (C=O) groups is 2. The molecule has 0 aliphatic carbocycles. The summed E-state index contributed by atoms with van der Waals surface area (Å²) >= 11 is 0. The van der Waals surface area contributed by atoms with Crippen molar-refractivity contribution in [1.82, 2.24) is 15.2 Å². The molecule has 1 aromatic heterocycles. The zero-order valence-electron chi connectivity index (χ0n) is 12.7. The Morgan fingerprint density at radius 1 is 1.52 bits per heavy atom. The number of pyridine rings is 1.